The predicted molar refractivity (Wildman–Crippen MR) is 77.4 cm³/mol. The van der Waals surface area contributed by atoms with Crippen LogP contribution in [0.2, 0.25) is 0 Å². The summed E-state index contributed by atoms with van der Waals surface area (Å²) < 4.78 is 5.28. The fourth-order valence-electron chi connectivity index (χ4n) is 1.95. The molecule has 3 N–H and O–H groups in total. The van der Waals surface area contributed by atoms with Crippen LogP contribution in [0.4, 0.5) is 0 Å². The van der Waals surface area contributed by atoms with Crippen molar-refractivity contribution < 1.29 is 9.53 Å². The van der Waals surface area contributed by atoms with Crippen LogP contribution in [0.25, 0.3) is 0 Å². The minimum absolute atomic E-state index is 0.00563. The van der Waals surface area contributed by atoms with Gasteiger partial charge in [-0.15, -0.1) is 0 Å². The van der Waals surface area contributed by atoms with Gasteiger partial charge in [0, 0.05) is 19.0 Å². The summed E-state index contributed by atoms with van der Waals surface area (Å²) in [5.74, 6) is 0.938. The lowest BCUT2D eigenvalue weighted by Crippen LogP contribution is -2.35. The van der Waals surface area contributed by atoms with Gasteiger partial charge in [-0.25, -0.2) is 0 Å². The highest BCUT2D eigenvalue weighted by molar-refractivity contribution is 5.76. The number of ether oxygens (including phenoxy) is 1. The number of methoxy groups -OCH3 is 1. The molecule has 1 aromatic rings. The molecule has 1 rings (SSSR count). The fraction of sp³-hybridized carbons (Fsp3) is 0.533. The van der Waals surface area contributed by atoms with Crippen LogP contribution in [0.1, 0.15) is 30.0 Å². The molecule has 0 fully saturated rings. The molecule has 0 aliphatic rings. The second-order valence-corrected chi connectivity index (χ2v) is 5.03. The van der Waals surface area contributed by atoms with Crippen LogP contribution in [0.15, 0.2) is 12.1 Å². The van der Waals surface area contributed by atoms with Crippen LogP contribution in [0, 0.1) is 13.8 Å². The molecule has 0 heterocycles. The SMILES string of the molecule is COc1cc(C)c(CCC(=O)NCC(C)N)cc1C. The Morgan fingerprint density at radius 3 is 2.63 bits per heavy atom. The molecule has 106 valence electrons. The summed E-state index contributed by atoms with van der Waals surface area (Å²) in [6.07, 6.45) is 1.22. The maximum absolute atomic E-state index is 11.6. The monoisotopic (exact) mass is 264 g/mol. The molecule has 4 heteroatoms. The quantitative estimate of drug-likeness (QED) is 0.822. The lowest BCUT2D eigenvalue weighted by Gasteiger charge is -2.12. The molecule has 0 aromatic heterocycles. The standard InChI is InChI=1S/C15H24N2O2/c1-10-8-14(19-4)11(2)7-13(10)5-6-15(18)17-9-12(3)16/h7-8,12H,5-6,9,16H2,1-4H3,(H,17,18). The highest BCUT2D eigenvalue weighted by Crippen LogP contribution is 2.23. The van der Waals surface area contributed by atoms with E-state index in [2.05, 4.69) is 11.4 Å². The fourth-order valence-corrected chi connectivity index (χ4v) is 1.95. The lowest BCUT2D eigenvalue weighted by molar-refractivity contribution is -0.121. The van der Waals surface area contributed by atoms with Crippen molar-refractivity contribution in [3.05, 3.63) is 28.8 Å². The Hall–Kier alpha value is -1.55. The molecule has 0 bridgehead atoms. The smallest absolute Gasteiger partial charge is 0.220 e. The molecule has 1 atom stereocenters. The first-order valence-electron chi connectivity index (χ1n) is 6.60. The van der Waals surface area contributed by atoms with E-state index in [9.17, 15) is 4.79 Å². The van der Waals surface area contributed by atoms with Crippen molar-refractivity contribution in [2.24, 2.45) is 5.73 Å². The molecule has 0 radical (unpaired) electrons. The minimum atomic E-state index is -0.00563. The van der Waals surface area contributed by atoms with E-state index in [-0.39, 0.29) is 11.9 Å². The van der Waals surface area contributed by atoms with Gasteiger partial charge in [-0.2, -0.15) is 0 Å². The van der Waals surface area contributed by atoms with Crippen molar-refractivity contribution in [2.75, 3.05) is 13.7 Å². The Kier molecular flexibility index (Phi) is 5.83. The van der Waals surface area contributed by atoms with E-state index >= 15 is 0 Å². The zero-order chi connectivity index (χ0) is 14.4. The number of carbonyl (C=O) groups is 1. The average molecular weight is 264 g/mol. The van der Waals surface area contributed by atoms with E-state index in [1.807, 2.05) is 26.8 Å². The number of nitrogens with two attached hydrogens (primary N) is 1. The number of hydrogen-bond acceptors (Lipinski definition) is 3. The number of rotatable bonds is 6. The second kappa shape index (κ2) is 7.14. The number of carbonyl (C=O) groups excluding carboxylic acids is 1. The van der Waals surface area contributed by atoms with Gasteiger partial charge < -0.3 is 15.8 Å². The molecule has 1 aromatic carbocycles. The van der Waals surface area contributed by atoms with Gasteiger partial charge in [0.2, 0.25) is 5.91 Å². The third kappa shape index (κ3) is 4.91. The summed E-state index contributed by atoms with van der Waals surface area (Å²) in [7, 11) is 1.67. The topological polar surface area (TPSA) is 64.3 Å². The zero-order valence-corrected chi connectivity index (χ0v) is 12.2. The van der Waals surface area contributed by atoms with Crippen LogP contribution in [0.5, 0.6) is 5.75 Å². The second-order valence-electron chi connectivity index (χ2n) is 5.03. The van der Waals surface area contributed by atoms with Crippen LogP contribution in [0.3, 0.4) is 0 Å². The summed E-state index contributed by atoms with van der Waals surface area (Å²) in [6, 6.07) is 4.10. The molecule has 0 saturated heterocycles. The number of aryl methyl sites for hydroxylation is 3. The lowest BCUT2D eigenvalue weighted by atomic mass is 10.0. The van der Waals surface area contributed by atoms with Gasteiger partial charge in [-0.1, -0.05) is 6.07 Å². The molecular formula is C15H24N2O2. The molecule has 0 aliphatic carbocycles. The Bertz CT molecular complexity index is 442. The van der Waals surface area contributed by atoms with Crippen molar-refractivity contribution in [1.29, 1.82) is 0 Å². The third-order valence-electron chi connectivity index (χ3n) is 3.10. The van der Waals surface area contributed by atoms with Crippen molar-refractivity contribution in [2.45, 2.75) is 39.7 Å². The number of nitrogens with one attached hydrogen (secondary N) is 1. The third-order valence-corrected chi connectivity index (χ3v) is 3.10. The molecule has 0 spiro atoms. The molecule has 1 amide bonds. The summed E-state index contributed by atoms with van der Waals surface area (Å²) in [5.41, 5.74) is 9.04. The Morgan fingerprint density at radius 1 is 1.37 bits per heavy atom. The predicted octanol–water partition coefficient (Wildman–Crippen LogP) is 1.71. The van der Waals surface area contributed by atoms with Gasteiger partial charge >= 0.3 is 0 Å². The first kappa shape index (κ1) is 15.5. The van der Waals surface area contributed by atoms with Gasteiger partial charge in [0.25, 0.3) is 0 Å². The van der Waals surface area contributed by atoms with Crippen molar-refractivity contribution >= 4 is 5.91 Å². The Balaban J connectivity index is 2.58. The van der Waals surface area contributed by atoms with Gasteiger partial charge in [0.05, 0.1) is 7.11 Å². The molecule has 0 saturated carbocycles. The van der Waals surface area contributed by atoms with E-state index in [1.54, 1.807) is 7.11 Å². The van der Waals surface area contributed by atoms with Gasteiger partial charge in [-0.3, -0.25) is 4.79 Å². The van der Waals surface area contributed by atoms with Crippen molar-refractivity contribution in [1.82, 2.24) is 5.32 Å². The molecular weight excluding hydrogens is 240 g/mol. The van der Waals surface area contributed by atoms with Crippen LogP contribution < -0.4 is 15.8 Å². The number of benzene rings is 1. The first-order valence-corrected chi connectivity index (χ1v) is 6.60. The highest BCUT2D eigenvalue weighted by atomic mass is 16.5. The van der Waals surface area contributed by atoms with Crippen molar-refractivity contribution in [3.8, 4) is 5.75 Å². The van der Waals surface area contributed by atoms with E-state index in [1.165, 1.54) is 5.56 Å². The highest BCUT2D eigenvalue weighted by Gasteiger charge is 2.08. The molecule has 19 heavy (non-hydrogen) atoms. The zero-order valence-electron chi connectivity index (χ0n) is 12.2. The maximum Gasteiger partial charge on any atom is 0.220 e. The van der Waals surface area contributed by atoms with E-state index < -0.39 is 0 Å². The van der Waals surface area contributed by atoms with Crippen LogP contribution >= 0.6 is 0 Å². The molecule has 0 aliphatic heterocycles. The Morgan fingerprint density at radius 2 is 2.05 bits per heavy atom. The van der Waals surface area contributed by atoms with Gasteiger partial charge in [0.15, 0.2) is 0 Å². The van der Waals surface area contributed by atoms with Gasteiger partial charge in [0.1, 0.15) is 5.75 Å². The number of hydrogen-bond donors (Lipinski definition) is 2. The van der Waals surface area contributed by atoms with Gasteiger partial charge in [-0.05, 0) is 49.9 Å². The Labute approximate surface area is 115 Å². The summed E-state index contributed by atoms with van der Waals surface area (Å²) in [6.45, 7) is 6.45. The van der Waals surface area contributed by atoms with Crippen LogP contribution in [-0.4, -0.2) is 25.6 Å². The normalized spacial score (nSPS) is 12.1. The van der Waals surface area contributed by atoms with E-state index in [0.717, 1.165) is 23.3 Å². The minimum Gasteiger partial charge on any atom is -0.496 e. The van der Waals surface area contributed by atoms with E-state index in [0.29, 0.717) is 13.0 Å². The average Bonchev–Trinajstić information content (AvgIpc) is 2.36. The first-order chi connectivity index (χ1) is 8.93. The van der Waals surface area contributed by atoms with E-state index in [4.69, 9.17) is 10.5 Å². The molecule has 4 nitrogen and oxygen atoms in total. The van der Waals surface area contributed by atoms with Crippen molar-refractivity contribution in [3.63, 3.8) is 0 Å². The summed E-state index contributed by atoms with van der Waals surface area (Å²) in [4.78, 5) is 11.6. The number of amides is 1. The summed E-state index contributed by atoms with van der Waals surface area (Å²) >= 11 is 0. The molecule has 1 unspecified atom stereocenters. The maximum atomic E-state index is 11.6. The largest absolute Gasteiger partial charge is 0.496 e. The van der Waals surface area contributed by atoms with Crippen LogP contribution in [-0.2, 0) is 11.2 Å². The summed E-state index contributed by atoms with van der Waals surface area (Å²) in [5, 5.41) is 2.82.